The second-order valence-electron chi connectivity index (χ2n) is 7.28. The van der Waals surface area contributed by atoms with Crippen LogP contribution >= 0.6 is 0 Å². The molecular weight excluding hydrogens is 302 g/mol. The monoisotopic (exact) mass is 331 g/mol. The van der Waals surface area contributed by atoms with Gasteiger partial charge in [0.15, 0.2) is 0 Å². The summed E-state index contributed by atoms with van der Waals surface area (Å²) in [5.74, 6) is 0.855. The number of aromatic nitrogens is 1. The number of amides is 1. The molecule has 0 aromatic carbocycles. The van der Waals surface area contributed by atoms with Crippen LogP contribution in [0.15, 0.2) is 24.5 Å². The van der Waals surface area contributed by atoms with Gasteiger partial charge in [-0.3, -0.25) is 14.7 Å². The molecule has 132 valence electrons. The van der Waals surface area contributed by atoms with Gasteiger partial charge in [-0.1, -0.05) is 0 Å². The van der Waals surface area contributed by atoms with Crippen molar-refractivity contribution in [1.29, 1.82) is 0 Å². The zero-order chi connectivity index (χ0) is 16.9. The van der Waals surface area contributed by atoms with Crippen molar-refractivity contribution in [2.45, 2.75) is 45.3 Å². The first kappa shape index (κ1) is 17.4. The smallest absolute Gasteiger partial charge is 0.255 e. The Labute approximate surface area is 145 Å². The summed E-state index contributed by atoms with van der Waals surface area (Å²) in [5, 5.41) is 0. The lowest BCUT2D eigenvalue weighted by molar-refractivity contribution is -0.0693. The van der Waals surface area contributed by atoms with Gasteiger partial charge in [0.05, 0.1) is 17.8 Å². The minimum Gasteiger partial charge on any atom is -0.373 e. The summed E-state index contributed by atoms with van der Waals surface area (Å²) < 4.78 is 5.80. The predicted octanol–water partition coefficient (Wildman–Crippen LogP) is 2.43. The lowest BCUT2D eigenvalue weighted by Crippen LogP contribution is -2.46. The zero-order valence-corrected chi connectivity index (χ0v) is 14.9. The summed E-state index contributed by atoms with van der Waals surface area (Å²) in [4.78, 5) is 21.0. The van der Waals surface area contributed by atoms with Crippen molar-refractivity contribution in [3.8, 4) is 0 Å². The summed E-state index contributed by atoms with van der Waals surface area (Å²) in [6.45, 7) is 9.30. The number of hydrogen-bond donors (Lipinski definition) is 0. The number of nitrogens with zero attached hydrogens (tertiary/aromatic N) is 3. The quantitative estimate of drug-likeness (QED) is 0.850. The molecule has 1 aromatic rings. The molecule has 0 bridgehead atoms. The molecule has 2 atom stereocenters. The van der Waals surface area contributed by atoms with Crippen LogP contribution in [0.3, 0.4) is 0 Å². The fourth-order valence-corrected chi connectivity index (χ4v) is 3.93. The number of morpholine rings is 1. The van der Waals surface area contributed by atoms with Crippen molar-refractivity contribution in [2.75, 3.05) is 32.7 Å². The summed E-state index contributed by atoms with van der Waals surface area (Å²) in [5.41, 5.74) is 0.701. The molecule has 3 rings (SSSR count). The van der Waals surface area contributed by atoms with Gasteiger partial charge in [0, 0.05) is 38.6 Å². The van der Waals surface area contributed by atoms with Crippen molar-refractivity contribution in [1.82, 2.24) is 14.8 Å². The summed E-state index contributed by atoms with van der Waals surface area (Å²) in [6.07, 6.45) is 7.50. The van der Waals surface area contributed by atoms with E-state index in [1.54, 1.807) is 12.4 Å². The van der Waals surface area contributed by atoms with E-state index in [2.05, 4.69) is 23.7 Å². The van der Waals surface area contributed by atoms with E-state index in [1.165, 1.54) is 6.42 Å². The molecule has 2 fully saturated rings. The third kappa shape index (κ3) is 4.54. The first-order valence-corrected chi connectivity index (χ1v) is 9.19. The third-order valence-corrected chi connectivity index (χ3v) is 5.16. The summed E-state index contributed by atoms with van der Waals surface area (Å²) in [7, 11) is 0. The molecule has 2 aliphatic heterocycles. The maximum Gasteiger partial charge on any atom is 0.255 e. The molecule has 3 heterocycles. The lowest BCUT2D eigenvalue weighted by Gasteiger charge is -2.37. The molecule has 1 amide bonds. The van der Waals surface area contributed by atoms with Gasteiger partial charge < -0.3 is 9.64 Å². The molecule has 5 nitrogen and oxygen atoms in total. The largest absolute Gasteiger partial charge is 0.373 e. The first-order chi connectivity index (χ1) is 11.6. The average Bonchev–Trinajstić information content (AvgIpc) is 2.60. The van der Waals surface area contributed by atoms with Crippen LogP contribution in [0.25, 0.3) is 0 Å². The van der Waals surface area contributed by atoms with Gasteiger partial charge in [0.1, 0.15) is 0 Å². The van der Waals surface area contributed by atoms with E-state index < -0.39 is 0 Å². The zero-order valence-electron chi connectivity index (χ0n) is 14.9. The molecule has 1 aromatic heterocycles. The number of ether oxygens (including phenoxy) is 1. The van der Waals surface area contributed by atoms with Crippen molar-refractivity contribution in [3.63, 3.8) is 0 Å². The van der Waals surface area contributed by atoms with E-state index in [9.17, 15) is 4.79 Å². The molecule has 0 unspecified atom stereocenters. The van der Waals surface area contributed by atoms with Gasteiger partial charge in [0.2, 0.25) is 0 Å². The SMILES string of the molecule is C[C@@H]1CN(CCC2CCN(C(=O)c3cccnc3)CC2)C[C@@H](C)O1. The Bertz CT molecular complexity index is 519. The minimum absolute atomic E-state index is 0.123. The van der Waals surface area contributed by atoms with Crippen molar-refractivity contribution in [2.24, 2.45) is 5.92 Å². The fraction of sp³-hybridized carbons (Fsp3) is 0.684. The molecule has 5 heteroatoms. The second-order valence-corrected chi connectivity index (χ2v) is 7.28. The highest BCUT2D eigenvalue weighted by molar-refractivity contribution is 5.93. The van der Waals surface area contributed by atoms with Crippen molar-refractivity contribution in [3.05, 3.63) is 30.1 Å². The number of rotatable bonds is 4. The van der Waals surface area contributed by atoms with Crippen molar-refractivity contribution >= 4 is 5.91 Å². The van der Waals surface area contributed by atoms with Crippen LogP contribution in [-0.4, -0.2) is 65.6 Å². The van der Waals surface area contributed by atoms with E-state index in [-0.39, 0.29) is 5.91 Å². The van der Waals surface area contributed by atoms with Crippen LogP contribution in [0.1, 0.15) is 43.5 Å². The average molecular weight is 331 g/mol. The van der Waals surface area contributed by atoms with E-state index in [4.69, 9.17) is 4.74 Å². The molecule has 2 aliphatic rings. The van der Waals surface area contributed by atoms with Crippen LogP contribution in [0, 0.1) is 5.92 Å². The molecule has 0 radical (unpaired) electrons. The number of likely N-dealkylation sites (tertiary alicyclic amines) is 1. The maximum atomic E-state index is 12.4. The van der Waals surface area contributed by atoms with Gasteiger partial charge >= 0.3 is 0 Å². The second kappa shape index (κ2) is 8.08. The Kier molecular flexibility index (Phi) is 5.85. The maximum absolute atomic E-state index is 12.4. The third-order valence-electron chi connectivity index (χ3n) is 5.16. The highest BCUT2D eigenvalue weighted by atomic mass is 16.5. The topological polar surface area (TPSA) is 45.7 Å². The van der Waals surface area contributed by atoms with Crippen molar-refractivity contribution < 1.29 is 9.53 Å². The number of carbonyl (C=O) groups excluding carboxylic acids is 1. The Hall–Kier alpha value is -1.46. The number of carbonyl (C=O) groups is 1. The summed E-state index contributed by atoms with van der Waals surface area (Å²) >= 11 is 0. The standard InChI is InChI=1S/C19H29N3O2/c1-15-13-21(14-16(2)24-15)9-5-17-6-10-22(11-7-17)19(23)18-4-3-8-20-12-18/h3-4,8,12,15-17H,5-7,9-11,13-14H2,1-2H3/t15-,16-/m1/s1. The van der Waals surface area contributed by atoms with Crippen LogP contribution in [0.4, 0.5) is 0 Å². The highest BCUT2D eigenvalue weighted by Gasteiger charge is 2.26. The van der Waals surface area contributed by atoms with Gasteiger partial charge in [-0.05, 0) is 57.7 Å². The molecule has 0 saturated carbocycles. The van der Waals surface area contributed by atoms with Crippen LogP contribution in [0.2, 0.25) is 0 Å². The van der Waals surface area contributed by atoms with Crippen LogP contribution in [0.5, 0.6) is 0 Å². The minimum atomic E-state index is 0.123. The Morgan fingerprint density at radius 2 is 1.96 bits per heavy atom. The number of pyridine rings is 1. The molecule has 0 aliphatic carbocycles. The normalized spacial score (nSPS) is 26.5. The van der Waals surface area contributed by atoms with Gasteiger partial charge in [-0.15, -0.1) is 0 Å². The van der Waals surface area contributed by atoms with E-state index in [0.717, 1.165) is 51.5 Å². The molecule has 0 spiro atoms. The number of hydrogen-bond acceptors (Lipinski definition) is 4. The Morgan fingerprint density at radius 1 is 1.25 bits per heavy atom. The number of piperidine rings is 1. The van der Waals surface area contributed by atoms with Gasteiger partial charge in [0.25, 0.3) is 5.91 Å². The Balaban J connectivity index is 1.41. The first-order valence-electron chi connectivity index (χ1n) is 9.19. The molecule has 24 heavy (non-hydrogen) atoms. The lowest BCUT2D eigenvalue weighted by atomic mass is 9.93. The van der Waals surface area contributed by atoms with Crippen LogP contribution < -0.4 is 0 Å². The highest BCUT2D eigenvalue weighted by Crippen LogP contribution is 2.23. The van der Waals surface area contributed by atoms with Gasteiger partial charge in [-0.25, -0.2) is 0 Å². The Morgan fingerprint density at radius 3 is 2.58 bits per heavy atom. The van der Waals surface area contributed by atoms with E-state index in [0.29, 0.717) is 17.8 Å². The van der Waals surface area contributed by atoms with Crippen LogP contribution in [-0.2, 0) is 4.74 Å². The van der Waals surface area contributed by atoms with E-state index in [1.807, 2.05) is 17.0 Å². The van der Waals surface area contributed by atoms with E-state index >= 15 is 0 Å². The molecular formula is C19H29N3O2. The molecule has 0 N–H and O–H groups in total. The summed E-state index contributed by atoms with van der Waals surface area (Å²) in [6, 6.07) is 3.67. The predicted molar refractivity (Wildman–Crippen MR) is 93.9 cm³/mol. The fourth-order valence-electron chi connectivity index (χ4n) is 3.93. The van der Waals surface area contributed by atoms with Gasteiger partial charge in [-0.2, -0.15) is 0 Å². The molecule has 2 saturated heterocycles.